The number of carbonyl (C=O) groups excluding carboxylic acids is 2. The van der Waals surface area contributed by atoms with Gasteiger partial charge in [-0.15, -0.1) is 0 Å². The quantitative estimate of drug-likeness (QED) is 0.0883. The van der Waals surface area contributed by atoms with Crippen LogP contribution in [-0.4, -0.2) is 95.9 Å². The molecular formula is C60H74Cl2O12. The van der Waals surface area contributed by atoms with E-state index in [0.29, 0.717) is 63.1 Å². The van der Waals surface area contributed by atoms with E-state index in [1.165, 1.54) is 103 Å². The number of methoxy groups -OCH3 is 2. The normalized spacial score (nSPS) is 31.7. The van der Waals surface area contributed by atoms with Gasteiger partial charge in [-0.1, -0.05) is 111 Å². The lowest BCUT2D eigenvalue weighted by atomic mass is 9.51. The first kappa shape index (κ1) is 54.9. The van der Waals surface area contributed by atoms with E-state index in [9.17, 15) is 30.0 Å². The van der Waals surface area contributed by atoms with E-state index in [-0.39, 0.29) is 12.0 Å². The molecule has 6 fully saturated rings. The Morgan fingerprint density at radius 1 is 0.635 bits per heavy atom. The zero-order chi connectivity index (χ0) is 52.7. The summed E-state index contributed by atoms with van der Waals surface area (Å²) in [5, 5.41) is 42.1. The molecule has 4 N–H and O–H groups in total. The maximum absolute atomic E-state index is 12.3. The second-order valence-corrected chi connectivity index (χ2v) is 23.2. The number of hydrogen-bond acceptors (Lipinski definition) is 12. The molecule has 12 nitrogen and oxygen atoms in total. The third-order valence-electron chi connectivity index (χ3n) is 17.8. The van der Waals surface area contributed by atoms with E-state index >= 15 is 0 Å². The average Bonchev–Trinajstić information content (AvgIpc) is 3.33. The Morgan fingerprint density at radius 3 is 1.47 bits per heavy atom. The van der Waals surface area contributed by atoms with Crippen LogP contribution < -0.4 is 0 Å². The Hall–Kier alpha value is -3.92. The summed E-state index contributed by atoms with van der Waals surface area (Å²) in [6.07, 6.45) is 7.80. The number of rotatable bonds is 14. The third-order valence-corrected chi connectivity index (χ3v) is 18.5. The van der Waals surface area contributed by atoms with Gasteiger partial charge in [0, 0.05) is 55.2 Å². The maximum atomic E-state index is 12.3. The number of carbonyl (C=O) groups is 2. The van der Waals surface area contributed by atoms with E-state index in [1.807, 2.05) is 32.0 Å². The summed E-state index contributed by atoms with van der Waals surface area (Å²) in [4.78, 5) is 24.4. The van der Waals surface area contributed by atoms with Crippen LogP contribution >= 0.6 is 23.2 Å². The highest BCUT2D eigenvalue weighted by atomic mass is 35.5. The number of aliphatic hydroxyl groups is 4. The van der Waals surface area contributed by atoms with Crippen molar-refractivity contribution < 1.29 is 58.4 Å². The second kappa shape index (κ2) is 22.2. The van der Waals surface area contributed by atoms with Crippen LogP contribution in [0.3, 0.4) is 0 Å². The Kier molecular flexibility index (Phi) is 16.5. The van der Waals surface area contributed by atoms with Gasteiger partial charge in [0.15, 0.2) is 6.10 Å². The summed E-state index contributed by atoms with van der Waals surface area (Å²) in [6.45, 7) is 6.08. The van der Waals surface area contributed by atoms with Crippen LogP contribution in [0.5, 0.6) is 0 Å². The summed E-state index contributed by atoms with van der Waals surface area (Å²) in [6, 6.07) is 28.4. The van der Waals surface area contributed by atoms with Gasteiger partial charge in [0.2, 0.25) is 11.6 Å². The minimum absolute atomic E-state index is 0.221. The van der Waals surface area contributed by atoms with Gasteiger partial charge in [0.25, 0.3) is 0 Å². The smallest absolute Gasteiger partial charge is 0.303 e. The molecule has 0 bridgehead atoms. The molecule has 6 aliphatic rings. The van der Waals surface area contributed by atoms with Gasteiger partial charge in [0.05, 0.1) is 12.7 Å². The molecule has 4 aliphatic carbocycles. The van der Waals surface area contributed by atoms with Crippen molar-refractivity contribution in [2.24, 2.45) is 16.7 Å². The molecule has 2 heterocycles. The number of aliphatic hydroxyl groups excluding tert-OH is 4. The first-order valence-electron chi connectivity index (χ1n) is 26.6. The van der Waals surface area contributed by atoms with E-state index < -0.39 is 66.7 Å². The molecular weight excluding hydrogens is 984 g/mol. The minimum atomic E-state index is -1.75. The first-order chi connectivity index (χ1) is 35.4. The lowest BCUT2D eigenvalue weighted by Crippen LogP contribution is -2.64. The molecule has 400 valence electrons. The predicted octanol–water partition coefficient (Wildman–Crippen LogP) is 10.3. The lowest BCUT2D eigenvalue weighted by molar-refractivity contribution is -0.366. The molecule has 0 amide bonds. The number of ether oxygens (including phenoxy) is 6. The van der Waals surface area contributed by atoms with Crippen molar-refractivity contribution in [2.75, 3.05) is 20.8 Å². The van der Waals surface area contributed by atoms with Crippen molar-refractivity contribution in [2.45, 2.75) is 177 Å². The third kappa shape index (κ3) is 10.6. The van der Waals surface area contributed by atoms with Crippen LogP contribution in [0.25, 0.3) is 0 Å². The van der Waals surface area contributed by atoms with E-state index in [1.54, 1.807) is 18.2 Å². The van der Waals surface area contributed by atoms with Crippen molar-refractivity contribution in [1.29, 1.82) is 0 Å². The van der Waals surface area contributed by atoms with Crippen molar-refractivity contribution >= 4 is 35.1 Å². The predicted molar refractivity (Wildman–Crippen MR) is 281 cm³/mol. The van der Waals surface area contributed by atoms with Crippen molar-refractivity contribution in [3.63, 3.8) is 0 Å². The highest BCUT2D eigenvalue weighted by Crippen LogP contribution is 2.63. The Labute approximate surface area is 445 Å². The number of benzene rings is 4. The maximum Gasteiger partial charge on any atom is 0.303 e. The van der Waals surface area contributed by atoms with Crippen LogP contribution in [0.15, 0.2) is 84.9 Å². The van der Waals surface area contributed by atoms with Crippen molar-refractivity contribution in [3.05, 3.63) is 139 Å². The van der Waals surface area contributed by atoms with E-state index in [4.69, 9.17) is 51.6 Å². The molecule has 0 aromatic heterocycles. The van der Waals surface area contributed by atoms with Gasteiger partial charge >= 0.3 is 11.9 Å². The Balaban J connectivity index is 0.000000184. The number of halogens is 2. The van der Waals surface area contributed by atoms with Crippen LogP contribution in [0.4, 0.5) is 0 Å². The van der Waals surface area contributed by atoms with Crippen LogP contribution in [-0.2, 0) is 62.4 Å². The largest absolute Gasteiger partial charge is 0.458 e. The fourth-order valence-electron chi connectivity index (χ4n) is 13.1. The summed E-state index contributed by atoms with van der Waals surface area (Å²) in [5.74, 6) is -3.07. The second-order valence-electron chi connectivity index (χ2n) is 22.4. The van der Waals surface area contributed by atoms with Gasteiger partial charge < -0.3 is 48.8 Å². The van der Waals surface area contributed by atoms with E-state index in [0.717, 1.165) is 22.3 Å². The monoisotopic (exact) mass is 1060 g/mol. The lowest BCUT2D eigenvalue weighted by Gasteiger charge is -2.54. The van der Waals surface area contributed by atoms with Crippen LogP contribution in [0, 0.1) is 16.7 Å². The molecule has 2 unspecified atom stereocenters. The van der Waals surface area contributed by atoms with Crippen LogP contribution in [0.2, 0.25) is 10.0 Å². The van der Waals surface area contributed by atoms with Crippen molar-refractivity contribution in [1.82, 2.24) is 0 Å². The molecule has 0 radical (unpaired) electrons. The van der Waals surface area contributed by atoms with Crippen LogP contribution in [0.1, 0.15) is 155 Å². The standard InChI is InChI=1S/C33H41ClO6.C27H33ClO6/c1-6-29-20(2)30(38-21(3)35)31(39-22(4)36)33(37-5,40-29)27-12-13-28(34)25(17-27)16-23-8-10-24(11-9-23)26-18-32(19-26)14-7-15-32;1-33-27(25(32)24(31)23(30)22(15-29)34-27)20-7-8-21(28)18(12-20)11-16-3-5-17(6-4-16)19-13-26(14-19)9-2-10-26/h8-13,17,20,26,29-31H,6-7,14-16,18-19H2,1-5H3;3-8,12,19,22-25,29-32H,2,9-11,13-15H2,1H3/t20-,29-,30+,31-,33?;22-,23-,24+,25-,27?/m11/s1. The zero-order valence-electron chi connectivity index (χ0n) is 43.6. The number of esters is 2. The summed E-state index contributed by atoms with van der Waals surface area (Å²) < 4.78 is 35.6. The topological polar surface area (TPSA) is 170 Å². The Morgan fingerprint density at radius 2 is 1.08 bits per heavy atom. The molecule has 10 atom stereocenters. The van der Waals surface area contributed by atoms with E-state index in [2.05, 4.69) is 48.5 Å². The molecule has 2 spiro atoms. The van der Waals surface area contributed by atoms with Gasteiger partial charge in [-0.25, -0.2) is 0 Å². The SMILES string of the molecule is CC[C@H]1OC(OC)(c2ccc(Cl)c(Cc3ccc(C4CC5(CCC5)C4)cc3)c2)[C@H](OC(C)=O)[C@@H](OC(C)=O)[C@@H]1C.COC1(c2ccc(Cl)c(Cc3ccc(C4CC5(CCC5)C4)cc3)c2)O[C@H](CO)[C@@H](O)[C@H](O)[C@H]1O. The van der Waals surface area contributed by atoms with Gasteiger partial charge in [-0.05, 0) is 151 Å². The summed E-state index contributed by atoms with van der Waals surface area (Å²) in [5.41, 5.74) is 9.23. The Bertz CT molecular complexity index is 2600. The van der Waals surface area contributed by atoms with Gasteiger partial charge in [0.1, 0.15) is 30.5 Å². The highest BCUT2D eigenvalue weighted by molar-refractivity contribution is 6.31. The molecule has 10 rings (SSSR count). The molecule has 4 saturated carbocycles. The number of hydrogen-bond donors (Lipinski definition) is 4. The van der Waals surface area contributed by atoms with Gasteiger partial charge in [-0.2, -0.15) is 0 Å². The van der Waals surface area contributed by atoms with Crippen molar-refractivity contribution in [3.8, 4) is 0 Å². The highest BCUT2D eigenvalue weighted by Gasteiger charge is 2.59. The van der Waals surface area contributed by atoms with Gasteiger partial charge in [-0.3, -0.25) is 9.59 Å². The average molecular weight is 1060 g/mol. The molecule has 74 heavy (non-hydrogen) atoms. The fourth-order valence-corrected chi connectivity index (χ4v) is 13.5. The minimum Gasteiger partial charge on any atom is -0.458 e. The summed E-state index contributed by atoms with van der Waals surface area (Å²) >= 11 is 13.2. The fraction of sp³-hybridized carbons (Fsp3) is 0.567. The molecule has 4 aromatic carbocycles. The molecule has 14 heteroatoms. The first-order valence-corrected chi connectivity index (χ1v) is 27.4. The molecule has 4 aromatic rings. The zero-order valence-corrected chi connectivity index (χ0v) is 45.1. The molecule has 2 aliphatic heterocycles. The molecule has 2 saturated heterocycles. The summed E-state index contributed by atoms with van der Waals surface area (Å²) in [7, 11) is 2.87.